The first-order valence-electron chi connectivity index (χ1n) is 5.49. The normalized spacial score (nSPS) is 11.5. The number of anilines is 1. The van der Waals surface area contributed by atoms with Gasteiger partial charge in [0.15, 0.2) is 0 Å². The molecule has 0 amide bonds. The van der Waals surface area contributed by atoms with Crippen molar-refractivity contribution in [3.05, 3.63) is 44.7 Å². The molecule has 0 aliphatic rings. The molecule has 0 unspecified atom stereocenters. The maximum absolute atomic E-state index is 12.2. The minimum absolute atomic E-state index is 0.315. The number of halogens is 2. The Balaban J connectivity index is 2.28. The van der Waals surface area contributed by atoms with Crippen molar-refractivity contribution in [2.45, 2.75) is 17.6 Å². The van der Waals surface area contributed by atoms with E-state index in [9.17, 15) is 8.42 Å². The van der Waals surface area contributed by atoms with Crippen molar-refractivity contribution in [3.63, 3.8) is 0 Å². The highest BCUT2D eigenvalue weighted by atomic mass is 79.9. The number of rotatable bonds is 4. The van der Waals surface area contributed by atoms with Gasteiger partial charge in [0.1, 0.15) is 4.21 Å². The third kappa shape index (κ3) is 3.51. The largest absolute Gasteiger partial charge is 0.279 e. The van der Waals surface area contributed by atoms with Crippen molar-refractivity contribution in [1.82, 2.24) is 0 Å². The Morgan fingerprint density at radius 3 is 2.63 bits per heavy atom. The lowest BCUT2D eigenvalue weighted by Gasteiger charge is -2.07. The molecule has 19 heavy (non-hydrogen) atoms. The van der Waals surface area contributed by atoms with Crippen LogP contribution in [0.25, 0.3) is 0 Å². The van der Waals surface area contributed by atoms with Crippen LogP contribution >= 0.6 is 38.9 Å². The first-order chi connectivity index (χ1) is 8.92. The van der Waals surface area contributed by atoms with Crippen molar-refractivity contribution in [1.29, 1.82) is 0 Å². The zero-order valence-corrected chi connectivity index (χ0v) is 14.0. The minimum Gasteiger partial charge on any atom is -0.279 e. The molecule has 0 saturated carbocycles. The van der Waals surface area contributed by atoms with E-state index in [0.29, 0.717) is 19.4 Å². The van der Waals surface area contributed by atoms with Crippen LogP contribution in [0.15, 0.2) is 39.0 Å². The van der Waals surface area contributed by atoms with E-state index in [1.165, 1.54) is 11.3 Å². The molecule has 1 aromatic heterocycles. The zero-order chi connectivity index (χ0) is 14.0. The number of sulfonamides is 1. The summed E-state index contributed by atoms with van der Waals surface area (Å²) in [6, 6.07) is 8.34. The van der Waals surface area contributed by atoms with E-state index in [-0.39, 0.29) is 0 Å². The molecule has 0 spiro atoms. The lowest BCUT2D eigenvalue weighted by atomic mass is 10.3. The fourth-order valence-corrected chi connectivity index (χ4v) is 4.30. The van der Waals surface area contributed by atoms with E-state index < -0.39 is 10.0 Å². The van der Waals surface area contributed by atoms with Gasteiger partial charge in [-0.05, 0) is 52.7 Å². The van der Waals surface area contributed by atoms with Crippen LogP contribution in [0.5, 0.6) is 0 Å². The smallest absolute Gasteiger partial charge is 0.271 e. The van der Waals surface area contributed by atoms with Crippen LogP contribution < -0.4 is 4.72 Å². The molecule has 1 N–H and O–H groups in total. The Kier molecular flexibility index (Phi) is 4.55. The van der Waals surface area contributed by atoms with E-state index in [1.807, 2.05) is 13.0 Å². The van der Waals surface area contributed by atoms with Gasteiger partial charge in [0.05, 0.1) is 10.7 Å². The van der Waals surface area contributed by atoms with E-state index in [0.717, 1.165) is 11.3 Å². The van der Waals surface area contributed by atoms with Crippen LogP contribution in [-0.4, -0.2) is 8.42 Å². The average Bonchev–Trinajstić information content (AvgIpc) is 2.83. The van der Waals surface area contributed by atoms with Gasteiger partial charge in [-0.25, -0.2) is 8.42 Å². The number of aryl methyl sites for hydroxylation is 1. The molecule has 0 aliphatic heterocycles. The molecular weight excluding hydrogens is 370 g/mol. The van der Waals surface area contributed by atoms with Crippen LogP contribution in [0.1, 0.15) is 11.8 Å². The predicted octanol–water partition coefficient (Wildman–Crippen LogP) is 4.53. The van der Waals surface area contributed by atoms with Gasteiger partial charge in [-0.3, -0.25) is 4.72 Å². The summed E-state index contributed by atoms with van der Waals surface area (Å²) in [5.74, 6) is 0. The van der Waals surface area contributed by atoms with Gasteiger partial charge in [-0.1, -0.05) is 18.5 Å². The van der Waals surface area contributed by atoms with Gasteiger partial charge in [0, 0.05) is 9.35 Å². The van der Waals surface area contributed by atoms with Gasteiger partial charge in [0.2, 0.25) is 0 Å². The predicted molar refractivity (Wildman–Crippen MR) is 83.7 cm³/mol. The molecule has 102 valence electrons. The van der Waals surface area contributed by atoms with Gasteiger partial charge in [-0.15, -0.1) is 11.3 Å². The Morgan fingerprint density at radius 2 is 2.05 bits per heavy atom. The van der Waals surface area contributed by atoms with Gasteiger partial charge in [-0.2, -0.15) is 0 Å². The lowest BCUT2D eigenvalue weighted by Crippen LogP contribution is -2.11. The molecule has 0 radical (unpaired) electrons. The van der Waals surface area contributed by atoms with Crippen molar-refractivity contribution in [2.75, 3.05) is 4.72 Å². The molecule has 3 nitrogen and oxygen atoms in total. The molecule has 0 atom stereocenters. The highest BCUT2D eigenvalue weighted by molar-refractivity contribution is 9.10. The summed E-state index contributed by atoms with van der Waals surface area (Å²) >= 11 is 10.4. The maximum atomic E-state index is 12.2. The summed E-state index contributed by atoms with van der Waals surface area (Å²) < 4.78 is 27.9. The Labute approximate surface area is 129 Å². The van der Waals surface area contributed by atoms with Crippen molar-refractivity contribution in [2.24, 2.45) is 0 Å². The first-order valence-corrected chi connectivity index (χ1v) is 8.96. The number of thiophene rings is 1. The Morgan fingerprint density at radius 1 is 1.32 bits per heavy atom. The van der Waals surface area contributed by atoms with Gasteiger partial charge < -0.3 is 0 Å². The Bertz CT molecular complexity index is 698. The van der Waals surface area contributed by atoms with E-state index in [2.05, 4.69) is 20.7 Å². The second-order valence-corrected chi connectivity index (χ2v) is 8.15. The van der Waals surface area contributed by atoms with Gasteiger partial charge in [0.25, 0.3) is 10.0 Å². The fraction of sp³-hybridized carbons (Fsp3) is 0.167. The standard InChI is InChI=1S/C12H11BrClNO2S2/c1-2-9-4-6-12(18-9)19(16,17)15-8-3-5-11(14)10(13)7-8/h3-7,15H,2H2,1H3. The third-order valence-corrected chi connectivity index (χ3v) is 6.74. The van der Waals surface area contributed by atoms with Crippen LogP contribution in [0.2, 0.25) is 5.02 Å². The SMILES string of the molecule is CCc1ccc(S(=O)(=O)Nc2ccc(Cl)c(Br)c2)s1. The summed E-state index contributed by atoms with van der Waals surface area (Å²) in [5.41, 5.74) is 0.475. The number of nitrogens with one attached hydrogen (secondary N) is 1. The van der Waals surface area contributed by atoms with Crippen LogP contribution in [0, 0.1) is 0 Å². The van der Waals surface area contributed by atoms with Gasteiger partial charge >= 0.3 is 0 Å². The highest BCUT2D eigenvalue weighted by Gasteiger charge is 2.17. The van der Waals surface area contributed by atoms with E-state index >= 15 is 0 Å². The molecule has 2 rings (SSSR count). The molecule has 1 aromatic carbocycles. The average molecular weight is 381 g/mol. The zero-order valence-electron chi connectivity index (χ0n) is 9.98. The number of hydrogen-bond acceptors (Lipinski definition) is 3. The number of benzene rings is 1. The quantitative estimate of drug-likeness (QED) is 0.847. The monoisotopic (exact) mass is 379 g/mol. The summed E-state index contributed by atoms with van der Waals surface area (Å²) in [6.07, 6.45) is 0.826. The minimum atomic E-state index is -3.53. The number of hydrogen-bond donors (Lipinski definition) is 1. The Hall–Kier alpha value is -0.560. The highest BCUT2D eigenvalue weighted by Crippen LogP contribution is 2.28. The van der Waals surface area contributed by atoms with E-state index in [4.69, 9.17) is 11.6 Å². The second-order valence-electron chi connectivity index (χ2n) is 3.81. The molecular formula is C12H11BrClNO2S2. The lowest BCUT2D eigenvalue weighted by molar-refractivity contribution is 0.603. The van der Waals surface area contributed by atoms with Crippen molar-refractivity contribution >= 4 is 54.6 Å². The van der Waals surface area contributed by atoms with E-state index in [1.54, 1.807) is 24.3 Å². The topological polar surface area (TPSA) is 46.2 Å². The summed E-state index contributed by atoms with van der Waals surface area (Å²) in [4.78, 5) is 1.04. The molecule has 7 heteroatoms. The third-order valence-electron chi connectivity index (χ3n) is 2.42. The molecule has 0 fully saturated rings. The first kappa shape index (κ1) is 14.8. The van der Waals surface area contributed by atoms with Crippen LogP contribution in [-0.2, 0) is 16.4 Å². The molecule has 1 heterocycles. The molecule has 2 aromatic rings. The van der Waals surface area contributed by atoms with Crippen LogP contribution in [0.4, 0.5) is 5.69 Å². The second kappa shape index (κ2) is 5.83. The van der Waals surface area contributed by atoms with Crippen molar-refractivity contribution in [3.8, 4) is 0 Å². The van der Waals surface area contributed by atoms with Crippen molar-refractivity contribution < 1.29 is 8.42 Å². The maximum Gasteiger partial charge on any atom is 0.271 e. The summed E-state index contributed by atoms with van der Waals surface area (Å²) in [7, 11) is -3.53. The fourth-order valence-electron chi connectivity index (χ4n) is 1.46. The molecule has 0 saturated heterocycles. The summed E-state index contributed by atoms with van der Waals surface area (Å²) in [5, 5.41) is 0.535. The van der Waals surface area contributed by atoms with Crippen LogP contribution in [0.3, 0.4) is 0 Å². The molecule has 0 aliphatic carbocycles. The molecule has 0 bridgehead atoms. The summed E-state index contributed by atoms with van der Waals surface area (Å²) in [6.45, 7) is 1.99.